The van der Waals surface area contributed by atoms with Gasteiger partial charge in [0, 0.05) is 24.5 Å². The van der Waals surface area contributed by atoms with Crippen LogP contribution < -0.4 is 4.74 Å². The minimum Gasteiger partial charge on any atom is -0.496 e. The van der Waals surface area contributed by atoms with Crippen molar-refractivity contribution in [3.63, 3.8) is 0 Å². The molecule has 0 saturated heterocycles. The number of amides is 1. The van der Waals surface area contributed by atoms with Crippen molar-refractivity contribution < 1.29 is 9.53 Å². The number of ether oxygens (including phenoxy) is 1. The van der Waals surface area contributed by atoms with Crippen molar-refractivity contribution in [2.45, 2.75) is 39.2 Å². The third kappa shape index (κ3) is 4.35. The lowest BCUT2D eigenvalue weighted by molar-refractivity contribution is -0.132. The maximum atomic E-state index is 12.5. The Kier molecular flexibility index (Phi) is 5.64. The van der Waals surface area contributed by atoms with Gasteiger partial charge in [-0.2, -0.15) is 0 Å². The van der Waals surface area contributed by atoms with Crippen molar-refractivity contribution in [3.8, 4) is 5.75 Å². The first-order chi connectivity index (χ1) is 12.1. The molecule has 132 valence electrons. The molecule has 0 spiro atoms. The van der Waals surface area contributed by atoms with Crippen LogP contribution in [0.4, 0.5) is 0 Å². The summed E-state index contributed by atoms with van der Waals surface area (Å²) in [4.78, 5) is 14.5. The summed E-state index contributed by atoms with van der Waals surface area (Å²) in [6.07, 6.45) is 3.27. The van der Waals surface area contributed by atoms with E-state index in [9.17, 15) is 4.79 Å². The number of hydrogen-bond donors (Lipinski definition) is 0. The van der Waals surface area contributed by atoms with Crippen LogP contribution in [0.3, 0.4) is 0 Å². The fraction of sp³-hybridized carbons (Fsp3) is 0.381. The first-order valence-corrected chi connectivity index (χ1v) is 9.13. The Bertz CT molecular complexity index is 755. The van der Waals surface area contributed by atoms with Crippen LogP contribution in [0.25, 0.3) is 0 Å². The number of aryl methyl sites for hydroxylation is 2. The second-order valence-electron chi connectivity index (χ2n) is 6.64. The Labute approximate surface area is 154 Å². The van der Waals surface area contributed by atoms with E-state index in [1.807, 2.05) is 29.2 Å². The summed E-state index contributed by atoms with van der Waals surface area (Å²) in [5.74, 6) is 1.13. The van der Waals surface area contributed by atoms with Gasteiger partial charge in [0.05, 0.1) is 7.11 Å². The van der Waals surface area contributed by atoms with E-state index >= 15 is 0 Å². The Morgan fingerprint density at radius 3 is 2.68 bits per heavy atom. The summed E-state index contributed by atoms with van der Waals surface area (Å²) < 4.78 is 5.42. The molecule has 0 saturated carbocycles. The number of carbonyl (C=O) groups excluding carboxylic acids is 1. The molecule has 1 aliphatic rings. The number of hydrogen-bond acceptors (Lipinski definition) is 2. The van der Waals surface area contributed by atoms with Crippen molar-refractivity contribution in [3.05, 3.63) is 63.7 Å². The normalized spacial score (nSPS) is 13.5. The highest BCUT2D eigenvalue weighted by Gasteiger charge is 2.21. The molecular formula is C21H24ClNO2. The third-order valence-corrected chi connectivity index (χ3v) is 5.10. The molecular weight excluding hydrogens is 334 g/mol. The molecule has 0 N–H and O–H groups in total. The second-order valence-corrected chi connectivity index (χ2v) is 7.07. The minimum atomic E-state index is 0.235. The van der Waals surface area contributed by atoms with Crippen molar-refractivity contribution in [2.24, 2.45) is 0 Å². The van der Waals surface area contributed by atoms with E-state index in [0.29, 0.717) is 13.0 Å². The Balaban J connectivity index is 1.56. The molecule has 0 unspecified atom stereocenters. The highest BCUT2D eigenvalue weighted by molar-refractivity contribution is 6.30. The Morgan fingerprint density at radius 2 is 1.96 bits per heavy atom. The lowest BCUT2D eigenvalue weighted by atomic mass is 9.96. The molecule has 0 bridgehead atoms. The van der Waals surface area contributed by atoms with Crippen LogP contribution in [0.5, 0.6) is 5.75 Å². The summed E-state index contributed by atoms with van der Waals surface area (Å²) >= 11 is 5.90. The Hall–Kier alpha value is -2.00. The van der Waals surface area contributed by atoms with Crippen LogP contribution in [0.1, 0.15) is 35.1 Å². The quantitative estimate of drug-likeness (QED) is 0.784. The average molecular weight is 358 g/mol. The van der Waals surface area contributed by atoms with Crippen LogP contribution in [-0.2, 0) is 24.2 Å². The van der Waals surface area contributed by atoms with Gasteiger partial charge >= 0.3 is 0 Å². The predicted molar refractivity (Wildman–Crippen MR) is 101 cm³/mol. The van der Waals surface area contributed by atoms with Gasteiger partial charge in [0.1, 0.15) is 5.75 Å². The van der Waals surface area contributed by atoms with Gasteiger partial charge in [-0.05, 0) is 66.6 Å². The number of rotatable bonds is 5. The van der Waals surface area contributed by atoms with Gasteiger partial charge in [-0.25, -0.2) is 0 Å². The van der Waals surface area contributed by atoms with E-state index in [0.717, 1.165) is 42.1 Å². The molecule has 2 aromatic carbocycles. The molecule has 1 heterocycles. The molecule has 3 nitrogen and oxygen atoms in total. The van der Waals surface area contributed by atoms with E-state index in [1.54, 1.807) is 7.11 Å². The maximum absolute atomic E-state index is 12.5. The highest BCUT2D eigenvalue weighted by atomic mass is 35.5. The van der Waals surface area contributed by atoms with Crippen LogP contribution in [-0.4, -0.2) is 24.5 Å². The number of methoxy groups -OCH3 is 1. The number of carbonyl (C=O) groups is 1. The number of fused-ring (bicyclic) bond motifs is 1. The smallest absolute Gasteiger partial charge is 0.222 e. The lowest BCUT2D eigenvalue weighted by Gasteiger charge is -2.29. The number of nitrogens with zero attached hydrogens (tertiary/aromatic N) is 1. The van der Waals surface area contributed by atoms with Gasteiger partial charge in [-0.3, -0.25) is 4.79 Å². The van der Waals surface area contributed by atoms with Gasteiger partial charge in [-0.15, -0.1) is 0 Å². The summed E-state index contributed by atoms with van der Waals surface area (Å²) in [6, 6.07) is 12.1. The van der Waals surface area contributed by atoms with E-state index in [-0.39, 0.29) is 5.91 Å². The van der Waals surface area contributed by atoms with Crippen molar-refractivity contribution in [1.82, 2.24) is 4.90 Å². The standard InChI is InChI=1S/C21H24ClNO2/c1-15-12-17-10-11-23(14-18(17)13-20(15)25-2)21(24)5-3-4-16-6-8-19(22)9-7-16/h6-9,12-13H,3-5,10-11,14H2,1-2H3. The minimum absolute atomic E-state index is 0.235. The average Bonchev–Trinajstić information content (AvgIpc) is 2.62. The van der Waals surface area contributed by atoms with Gasteiger partial charge in [-0.1, -0.05) is 29.8 Å². The molecule has 0 aliphatic carbocycles. The molecule has 0 aromatic heterocycles. The van der Waals surface area contributed by atoms with Crippen molar-refractivity contribution in [1.29, 1.82) is 0 Å². The first kappa shape index (κ1) is 17.8. The Morgan fingerprint density at radius 1 is 1.20 bits per heavy atom. The van der Waals surface area contributed by atoms with E-state index in [1.165, 1.54) is 16.7 Å². The van der Waals surface area contributed by atoms with Crippen molar-refractivity contribution in [2.75, 3.05) is 13.7 Å². The van der Waals surface area contributed by atoms with Crippen molar-refractivity contribution >= 4 is 17.5 Å². The van der Waals surface area contributed by atoms with E-state index in [4.69, 9.17) is 16.3 Å². The largest absolute Gasteiger partial charge is 0.496 e. The van der Waals surface area contributed by atoms with E-state index in [2.05, 4.69) is 19.1 Å². The topological polar surface area (TPSA) is 29.5 Å². The van der Waals surface area contributed by atoms with Gasteiger partial charge < -0.3 is 9.64 Å². The zero-order valence-electron chi connectivity index (χ0n) is 14.8. The lowest BCUT2D eigenvalue weighted by Crippen LogP contribution is -2.35. The number of benzene rings is 2. The molecule has 2 aromatic rings. The van der Waals surface area contributed by atoms with Crippen LogP contribution in [0, 0.1) is 6.92 Å². The summed E-state index contributed by atoms with van der Waals surface area (Å²) in [5, 5.41) is 0.748. The zero-order chi connectivity index (χ0) is 17.8. The summed E-state index contributed by atoms with van der Waals surface area (Å²) in [6.45, 7) is 3.55. The van der Waals surface area contributed by atoms with Gasteiger partial charge in [0.15, 0.2) is 0 Å². The molecule has 25 heavy (non-hydrogen) atoms. The van der Waals surface area contributed by atoms with Crippen LogP contribution >= 0.6 is 11.6 Å². The third-order valence-electron chi connectivity index (χ3n) is 4.85. The fourth-order valence-corrected chi connectivity index (χ4v) is 3.52. The number of halogens is 1. The second kappa shape index (κ2) is 7.92. The van der Waals surface area contributed by atoms with Crippen LogP contribution in [0.2, 0.25) is 5.02 Å². The molecule has 4 heteroatoms. The molecule has 3 rings (SSSR count). The van der Waals surface area contributed by atoms with E-state index < -0.39 is 0 Å². The zero-order valence-corrected chi connectivity index (χ0v) is 15.6. The summed E-state index contributed by atoms with van der Waals surface area (Å²) in [5.41, 5.74) is 4.92. The fourth-order valence-electron chi connectivity index (χ4n) is 3.40. The van der Waals surface area contributed by atoms with Gasteiger partial charge in [0.2, 0.25) is 5.91 Å². The monoisotopic (exact) mass is 357 g/mol. The first-order valence-electron chi connectivity index (χ1n) is 8.75. The molecule has 0 fully saturated rings. The molecule has 0 atom stereocenters. The molecule has 1 aliphatic heterocycles. The predicted octanol–water partition coefficient (Wildman–Crippen LogP) is 4.56. The summed E-state index contributed by atoms with van der Waals surface area (Å²) in [7, 11) is 1.69. The maximum Gasteiger partial charge on any atom is 0.222 e. The molecule has 0 radical (unpaired) electrons. The van der Waals surface area contributed by atoms with Gasteiger partial charge in [0.25, 0.3) is 0 Å². The molecule has 1 amide bonds. The highest BCUT2D eigenvalue weighted by Crippen LogP contribution is 2.27. The van der Waals surface area contributed by atoms with Crippen LogP contribution in [0.15, 0.2) is 36.4 Å². The SMILES string of the molecule is COc1cc2c(cc1C)CCN(C(=O)CCCc1ccc(Cl)cc1)C2.